The number of nitrogens with two attached hydrogens (primary N) is 1. The number of amides is 2. The van der Waals surface area contributed by atoms with Gasteiger partial charge in [-0.15, -0.1) is 11.3 Å². The first-order chi connectivity index (χ1) is 32.9. The topological polar surface area (TPSA) is 189 Å². The van der Waals surface area contributed by atoms with E-state index < -0.39 is 12.0 Å². The zero-order chi connectivity index (χ0) is 47.5. The molecule has 2 aromatic carbocycles. The highest BCUT2D eigenvalue weighted by Crippen LogP contribution is 2.39. The van der Waals surface area contributed by atoms with Crippen LogP contribution in [0.1, 0.15) is 113 Å². The fourth-order valence-electron chi connectivity index (χ4n) is 10.2. The average Bonchev–Trinajstić information content (AvgIpc) is 4.17. The highest BCUT2D eigenvalue weighted by molar-refractivity contribution is 7.13. The van der Waals surface area contributed by atoms with E-state index in [1.165, 1.54) is 5.57 Å². The number of hydrogen-bond acceptors (Lipinski definition) is 13. The van der Waals surface area contributed by atoms with Gasteiger partial charge in [-0.05, 0) is 137 Å². The van der Waals surface area contributed by atoms with Crippen LogP contribution < -0.4 is 26.6 Å². The van der Waals surface area contributed by atoms with Gasteiger partial charge in [0.25, 0.3) is 5.88 Å². The lowest BCUT2D eigenvalue weighted by atomic mass is 9.78. The van der Waals surface area contributed by atoms with E-state index in [1.807, 2.05) is 80.6 Å². The summed E-state index contributed by atoms with van der Waals surface area (Å²) in [6.07, 6.45) is 12.5. The van der Waals surface area contributed by atoms with Gasteiger partial charge in [0.2, 0.25) is 11.8 Å². The normalized spacial score (nSPS) is 19.8. The van der Waals surface area contributed by atoms with E-state index in [0.717, 1.165) is 102 Å². The van der Waals surface area contributed by atoms with E-state index in [-0.39, 0.29) is 29.5 Å². The van der Waals surface area contributed by atoms with Gasteiger partial charge in [-0.25, -0.2) is 9.67 Å². The van der Waals surface area contributed by atoms with Gasteiger partial charge in [0.05, 0.1) is 40.6 Å². The Morgan fingerprint density at radius 3 is 2.53 bits per heavy atom. The predicted octanol–water partition coefficient (Wildman–Crippen LogP) is 8.21. The van der Waals surface area contributed by atoms with E-state index in [2.05, 4.69) is 55.4 Å². The number of aryl methyl sites for hydroxylation is 1. The summed E-state index contributed by atoms with van der Waals surface area (Å²) < 4.78 is 13.8. The molecule has 5 aromatic rings. The molecule has 3 aromatic heterocycles. The fourth-order valence-corrected chi connectivity index (χ4v) is 11.0. The van der Waals surface area contributed by atoms with Crippen LogP contribution in [0.5, 0.6) is 11.6 Å². The summed E-state index contributed by atoms with van der Waals surface area (Å²) in [5.74, 6) is 1.86. The second-order valence-corrected chi connectivity index (χ2v) is 20.1. The molecule has 0 spiro atoms. The summed E-state index contributed by atoms with van der Waals surface area (Å²) >= 11 is 1.62. The number of phenolic OH excluding ortho intramolecular Hbond substituents is 1. The van der Waals surface area contributed by atoms with Crippen LogP contribution in [-0.4, -0.2) is 85.5 Å². The quantitative estimate of drug-likeness (QED) is 0.0639. The van der Waals surface area contributed by atoms with Crippen molar-refractivity contribution in [3.05, 3.63) is 118 Å². The van der Waals surface area contributed by atoms with Gasteiger partial charge in [0.15, 0.2) is 5.76 Å². The van der Waals surface area contributed by atoms with Gasteiger partial charge in [-0.2, -0.15) is 5.10 Å². The smallest absolute Gasteiger partial charge is 0.254 e. The Bertz CT molecular complexity index is 2680. The van der Waals surface area contributed by atoms with Crippen LogP contribution in [0.2, 0.25) is 0 Å². The molecule has 0 bridgehead atoms. The Kier molecular flexibility index (Phi) is 14.1. The van der Waals surface area contributed by atoms with Crippen molar-refractivity contribution in [2.75, 3.05) is 32.8 Å². The molecular formula is C52H64N10O5S. The van der Waals surface area contributed by atoms with E-state index in [4.69, 9.17) is 15.0 Å². The molecule has 1 saturated carbocycles. The van der Waals surface area contributed by atoms with Crippen molar-refractivity contribution in [3.8, 4) is 22.1 Å². The summed E-state index contributed by atoms with van der Waals surface area (Å²) in [4.78, 5) is 37.7. The van der Waals surface area contributed by atoms with Gasteiger partial charge in [-0.1, -0.05) is 50.2 Å². The molecule has 3 aliphatic heterocycles. The molecule has 3 fully saturated rings. The second kappa shape index (κ2) is 20.5. The highest BCUT2D eigenvalue weighted by atomic mass is 32.1. The maximum absolute atomic E-state index is 14.2. The maximum Gasteiger partial charge on any atom is 0.254 e. The Morgan fingerprint density at radius 2 is 1.79 bits per heavy atom. The number of rotatable bonds is 16. The van der Waals surface area contributed by atoms with Crippen molar-refractivity contribution >= 4 is 40.1 Å². The largest absolute Gasteiger partial charge is 0.507 e. The summed E-state index contributed by atoms with van der Waals surface area (Å²) in [5.41, 5.74) is 23.1. The first-order valence-electron chi connectivity index (χ1n) is 24.1. The molecule has 15 nitrogen and oxygen atoms in total. The van der Waals surface area contributed by atoms with Crippen molar-refractivity contribution in [2.45, 2.75) is 97.6 Å². The van der Waals surface area contributed by atoms with Crippen LogP contribution in [0, 0.1) is 24.7 Å². The third-order valence-corrected chi connectivity index (χ3v) is 15.3. The van der Waals surface area contributed by atoms with Gasteiger partial charge in [-0.3, -0.25) is 20.4 Å². The number of carbonyl (C=O) groups excluding carboxylic acids is 2. The minimum atomic E-state index is -0.577. The Hall–Kier alpha value is -6.39. The maximum atomic E-state index is 14.2. The Balaban J connectivity index is 0.705. The summed E-state index contributed by atoms with van der Waals surface area (Å²) in [5, 5.41) is 22.5. The first kappa shape index (κ1) is 46.7. The van der Waals surface area contributed by atoms with Crippen molar-refractivity contribution in [1.29, 1.82) is 0 Å². The van der Waals surface area contributed by atoms with Gasteiger partial charge in [0.1, 0.15) is 23.5 Å². The summed E-state index contributed by atoms with van der Waals surface area (Å²) in [6.45, 7) is 14.5. The number of para-hydroxylation sites is 1. The van der Waals surface area contributed by atoms with E-state index in [0.29, 0.717) is 54.4 Å². The lowest BCUT2D eigenvalue weighted by molar-refractivity contribution is -0.141. The number of nitrogens with zero attached hydrogens (tertiary/aromatic N) is 6. The molecule has 68 heavy (non-hydrogen) atoms. The van der Waals surface area contributed by atoms with Crippen LogP contribution in [0.4, 0.5) is 0 Å². The van der Waals surface area contributed by atoms with Crippen LogP contribution in [0.15, 0.2) is 94.5 Å². The van der Waals surface area contributed by atoms with Crippen molar-refractivity contribution in [2.24, 2.45) is 23.5 Å². The molecule has 4 aliphatic rings. The van der Waals surface area contributed by atoms with Crippen molar-refractivity contribution in [1.82, 2.24) is 45.9 Å². The second-order valence-electron chi connectivity index (χ2n) is 19.3. The molecule has 3 atom stereocenters. The minimum Gasteiger partial charge on any atom is -0.507 e. The SMILES string of the molecule is CC(=C1CC(CN2CCC(CCOc3cc([C@@H](C(=O)N4CCC[C@H]4C(=O)N[C@@H](C)c4ccc(-c5scnc5C)cc4)C(C)C)on3)CC2)C1)n1cc(C2=C(N)NNC(c3ccccc3O)=C2)cn1. The molecule has 1 aliphatic carbocycles. The number of hydrazine groups is 1. The third-order valence-electron chi connectivity index (χ3n) is 14.3. The molecule has 2 saturated heterocycles. The Morgan fingerprint density at radius 1 is 1.01 bits per heavy atom. The van der Waals surface area contributed by atoms with E-state index in [1.54, 1.807) is 34.4 Å². The number of allylic oxidation sites excluding steroid dienone is 4. The molecule has 0 radical (unpaired) electrons. The van der Waals surface area contributed by atoms with E-state index in [9.17, 15) is 14.7 Å². The molecule has 358 valence electrons. The van der Waals surface area contributed by atoms with Gasteiger partial charge >= 0.3 is 0 Å². The lowest BCUT2D eigenvalue weighted by Crippen LogP contribution is -2.48. The number of hydrogen-bond donors (Lipinski definition) is 5. The van der Waals surface area contributed by atoms with Crippen LogP contribution in [-0.2, 0) is 9.59 Å². The standard InChI is InChI=1S/C52H64N10O5S/c1-31(2)48(52(65)61-19-8-10-44(61)51(64)56-32(3)37-12-14-38(15-13-37)49-33(4)54-30-68-49)46-26-47(59-67-46)66-22-18-35-16-20-60(21-17-35)28-36-23-39(24-36)34(5)62-29-40(27-55-62)42-25-43(57-58-50(42)53)41-9-6-7-11-45(41)63/h6-7,9,11-15,25-27,29-32,35-36,44,48,57-58,63H,8,10,16-24,28,53H2,1-5H3,(H,56,64)/t32-,36?,44-,48-/m0/s1. The zero-order valence-corrected chi connectivity index (χ0v) is 40.5. The van der Waals surface area contributed by atoms with Gasteiger partial charge < -0.3 is 35.2 Å². The number of carbonyl (C=O) groups is 2. The van der Waals surface area contributed by atoms with Crippen LogP contribution in [0.25, 0.3) is 27.4 Å². The van der Waals surface area contributed by atoms with Crippen molar-refractivity contribution in [3.63, 3.8) is 0 Å². The molecular weight excluding hydrogens is 877 g/mol. The third kappa shape index (κ3) is 10.2. The summed E-state index contributed by atoms with van der Waals surface area (Å²) in [6, 6.07) is 16.4. The molecule has 6 heterocycles. The molecule has 0 unspecified atom stereocenters. The first-order valence-corrected chi connectivity index (χ1v) is 25.0. The van der Waals surface area contributed by atoms with Crippen molar-refractivity contribution < 1.29 is 24.0 Å². The van der Waals surface area contributed by atoms with Crippen LogP contribution in [0.3, 0.4) is 0 Å². The number of phenols is 1. The monoisotopic (exact) mass is 940 g/mol. The van der Waals surface area contributed by atoms with Gasteiger partial charge in [0, 0.05) is 47.7 Å². The van der Waals surface area contributed by atoms with Crippen LogP contribution >= 0.6 is 11.3 Å². The Labute approximate surface area is 402 Å². The predicted molar refractivity (Wildman–Crippen MR) is 264 cm³/mol. The number of likely N-dealkylation sites (tertiary alicyclic amines) is 2. The molecule has 16 heteroatoms. The minimum absolute atomic E-state index is 0.0698. The zero-order valence-electron chi connectivity index (χ0n) is 39.7. The number of benzene rings is 2. The number of ether oxygens (including phenoxy) is 1. The number of piperidine rings is 1. The number of nitrogens with one attached hydrogen (secondary N) is 3. The average molecular weight is 941 g/mol. The number of thiazole rings is 1. The number of aromatic hydroxyl groups is 1. The molecule has 9 rings (SSSR count). The lowest BCUT2D eigenvalue weighted by Gasteiger charge is -2.38. The van der Waals surface area contributed by atoms with E-state index >= 15 is 0 Å². The number of aromatic nitrogens is 4. The molecule has 6 N–H and O–H groups in total. The highest BCUT2D eigenvalue weighted by Gasteiger charge is 2.41. The molecule has 2 amide bonds. The summed E-state index contributed by atoms with van der Waals surface area (Å²) in [7, 11) is 0. The fraction of sp³-hybridized carbons (Fsp3) is 0.442.